The van der Waals surface area contributed by atoms with Crippen LogP contribution in [0, 0.1) is 12.8 Å². The second kappa shape index (κ2) is 5.29. The van der Waals surface area contributed by atoms with Gasteiger partial charge >= 0.3 is 0 Å². The monoisotopic (exact) mass is 266 g/mol. The molecule has 3 nitrogen and oxygen atoms in total. The van der Waals surface area contributed by atoms with Crippen LogP contribution >= 0.6 is 11.6 Å². The molecule has 2 unspecified atom stereocenters. The molecule has 1 aliphatic heterocycles. The maximum atomic E-state index is 12.5. The molecule has 1 amide bonds. The van der Waals surface area contributed by atoms with E-state index in [9.17, 15) is 4.79 Å². The first-order chi connectivity index (χ1) is 8.47. The fourth-order valence-corrected chi connectivity index (χ4v) is 2.83. The van der Waals surface area contributed by atoms with E-state index in [2.05, 4.69) is 6.92 Å². The first-order valence-corrected chi connectivity index (χ1v) is 6.66. The second-order valence-corrected chi connectivity index (χ2v) is 5.71. The number of nitrogens with zero attached hydrogens (tertiary/aromatic N) is 1. The van der Waals surface area contributed by atoms with Gasteiger partial charge in [0.25, 0.3) is 5.91 Å². The molecule has 0 spiro atoms. The van der Waals surface area contributed by atoms with Crippen molar-refractivity contribution in [3.8, 4) is 0 Å². The Balaban J connectivity index is 2.20. The molecule has 1 saturated heterocycles. The van der Waals surface area contributed by atoms with Crippen LogP contribution in [0.5, 0.6) is 0 Å². The number of benzene rings is 1. The molecule has 2 atom stereocenters. The third kappa shape index (κ3) is 2.85. The van der Waals surface area contributed by atoms with Crippen molar-refractivity contribution >= 4 is 17.5 Å². The quantitative estimate of drug-likeness (QED) is 0.849. The molecule has 1 aliphatic rings. The summed E-state index contributed by atoms with van der Waals surface area (Å²) in [6.45, 7) is 5.47. The summed E-state index contributed by atoms with van der Waals surface area (Å²) >= 11 is 5.91. The van der Waals surface area contributed by atoms with Gasteiger partial charge in [0.1, 0.15) is 0 Å². The largest absolute Gasteiger partial charge is 0.337 e. The van der Waals surface area contributed by atoms with E-state index < -0.39 is 0 Å². The normalized spacial score (nSPS) is 24.1. The van der Waals surface area contributed by atoms with Gasteiger partial charge in [-0.1, -0.05) is 18.5 Å². The number of likely N-dealkylation sites (tertiary alicyclic amines) is 1. The first kappa shape index (κ1) is 13.4. The zero-order valence-electron chi connectivity index (χ0n) is 10.8. The number of hydrogen-bond donors (Lipinski definition) is 1. The van der Waals surface area contributed by atoms with Crippen molar-refractivity contribution in [1.29, 1.82) is 0 Å². The average Bonchev–Trinajstić information content (AvgIpc) is 2.26. The second-order valence-electron chi connectivity index (χ2n) is 5.27. The lowest BCUT2D eigenvalue weighted by Crippen LogP contribution is -2.48. The minimum absolute atomic E-state index is 0.0613. The van der Waals surface area contributed by atoms with E-state index in [1.54, 1.807) is 12.1 Å². The van der Waals surface area contributed by atoms with E-state index in [-0.39, 0.29) is 11.9 Å². The predicted molar refractivity (Wildman–Crippen MR) is 73.8 cm³/mol. The van der Waals surface area contributed by atoms with Crippen molar-refractivity contribution in [2.75, 3.05) is 13.1 Å². The highest BCUT2D eigenvalue weighted by Gasteiger charge is 2.27. The van der Waals surface area contributed by atoms with Gasteiger partial charge < -0.3 is 10.6 Å². The standard InChI is InChI=1S/C14H19ClN2O/c1-9-5-12(16)8-17(7-9)14(18)13-4-3-11(15)6-10(13)2/h3-4,6,9,12H,5,7-8,16H2,1-2H3. The third-order valence-corrected chi connectivity index (χ3v) is 3.63. The highest BCUT2D eigenvalue weighted by molar-refractivity contribution is 6.30. The molecule has 1 aromatic rings. The number of amides is 1. The zero-order chi connectivity index (χ0) is 13.3. The lowest BCUT2D eigenvalue weighted by atomic mass is 9.95. The van der Waals surface area contributed by atoms with Crippen molar-refractivity contribution in [2.45, 2.75) is 26.3 Å². The Kier molecular flexibility index (Phi) is 3.93. The molecule has 1 fully saturated rings. The van der Waals surface area contributed by atoms with Crippen LogP contribution in [0.1, 0.15) is 29.3 Å². The van der Waals surface area contributed by atoms with Gasteiger partial charge in [-0.3, -0.25) is 4.79 Å². The van der Waals surface area contributed by atoms with Crippen molar-refractivity contribution in [3.05, 3.63) is 34.3 Å². The minimum atomic E-state index is 0.0613. The van der Waals surface area contributed by atoms with Crippen LogP contribution < -0.4 is 5.73 Å². The summed E-state index contributed by atoms with van der Waals surface area (Å²) in [5.74, 6) is 0.525. The molecule has 0 radical (unpaired) electrons. The van der Waals surface area contributed by atoms with Gasteiger partial charge in [-0.2, -0.15) is 0 Å². The topological polar surface area (TPSA) is 46.3 Å². The van der Waals surface area contributed by atoms with Gasteiger partial charge in [-0.15, -0.1) is 0 Å². The van der Waals surface area contributed by atoms with Crippen LogP contribution in [0.3, 0.4) is 0 Å². The number of nitrogens with two attached hydrogens (primary N) is 1. The Morgan fingerprint density at radius 3 is 2.78 bits per heavy atom. The van der Waals surface area contributed by atoms with Gasteiger partial charge in [0.15, 0.2) is 0 Å². The van der Waals surface area contributed by atoms with E-state index in [1.165, 1.54) is 0 Å². The third-order valence-electron chi connectivity index (χ3n) is 3.40. The summed E-state index contributed by atoms with van der Waals surface area (Å²) in [4.78, 5) is 14.3. The first-order valence-electron chi connectivity index (χ1n) is 6.28. The number of halogens is 1. The number of carbonyl (C=O) groups excluding carboxylic acids is 1. The molecule has 0 saturated carbocycles. The van der Waals surface area contributed by atoms with Crippen LogP contribution in [0.2, 0.25) is 5.02 Å². The van der Waals surface area contributed by atoms with E-state index in [4.69, 9.17) is 17.3 Å². The van der Waals surface area contributed by atoms with Gasteiger partial charge in [0.2, 0.25) is 0 Å². The van der Waals surface area contributed by atoms with Crippen LogP contribution in [0.15, 0.2) is 18.2 Å². The molecule has 4 heteroatoms. The summed E-state index contributed by atoms with van der Waals surface area (Å²) in [6.07, 6.45) is 0.989. The Morgan fingerprint density at radius 1 is 1.44 bits per heavy atom. The van der Waals surface area contributed by atoms with E-state index in [1.807, 2.05) is 17.9 Å². The smallest absolute Gasteiger partial charge is 0.254 e. The molecule has 0 bridgehead atoms. The SMILES string of the molecule is Cc1cc(Cl)ccc1C(=O)N1CC(C)CC(N)C1. The van der Waals surface area contributed by atoms with Crippen LogP contribution in [-0.2, 0) is 0 Å². The fraction of sp³-hybridized carbons (Fsp3) is 0.500. The van der Waals surface area contributed by atoms with Crippen molar-refractivity contribution in [2.24, 2.45) is 11.7 Å². The molecule has 2 N–H and O–H groups in total. The minimum Gasteiger partial charge on any atom is -0.337 e. The molecule has 0 aliphatic carbocycles. The molecule has 18 heavy (non-hydrogen) atoms. The Labute approximate surface area is 113 Å². The molecular formula is C14H19ClN2O. The van der Waals surface area contributed by atoms with Crippen LogP contribution in [-0.4, -0.2) is 29.9 Å². The summed E-state index contributed by atoms with van der Waals surface area (Å²) in [5, 5.41) is 0.660. The van der Waals surface area contributed by atoms with Gasteiger partial charge in [0.05, 0.1) is 0 Å². The summed E-state index contributed by atoms with van der Waals surface area (Å²) in [5.41, 5.74) is 7.62. The van der Waals surface area contributed by atoms with Crippen LogP contribution in [0.4, 0.5) is 0 Å². The average molecular weight is 267 g/mol. The molecule has 0 aromatic heterocycles. The number of rotatable bonds is 1. The van der Waals surface area contributed by atoms with Gasteiger partial charge in [-0.05, 0) is 43.0 Å². The summed E-state index contributed by atoms with van der Waals surface area (Å²) < 4.78 is 0. The lowest BCUT2D eigenvalue weighted by Gasteiger charge is -2.35. The summed E-state index contributed by atoms with van der Waals surface area (Å²) in [6, 6.07) is 5.47. The number of aryl methyl sites for hydroxylation is 1. The molecule has 98 valence electrons. The van der Waals surface area contributed by atoms with Crippen molar-refractivity contribution in [1.82, 2.24) is 4.90 Å². The highest BCUT2D eigenvalue weighted by atomic mass is 35.5. The number of piperidine rings is 1. The van der Waals surface area contributed by atoms with Gasteiger partial charge in [-0.25, -0.2) is 0 Å². The summed E-state index contributed by atoms with van der Waals surface area (Å²) in [7, 11) is 0. The molecule has 1 aromatic carbocycles. The van der Waals surface area contributed by atoms with Crippen LogP contribution in [0.25, 0.3) is 0 Å². The zero-order valence-corrected chi connectivity index (χ0v) is 11.6. The highest BCUT2D eigenvalue weighted by Crippen LogP contribution is 2.21. The Hall–Kier alpha value is -1.06. The fourth-order valence-electron chi connectivity index (χ4n) is 2.60. The lowest BCUT2D eigenvalue weighted by molar-refractivity contribution is 0.0660. The maximum absolute atomic E-state index is 12.5. The van der Waals surface area contributed by atoms with Crippen molar-refractivity contribution in [3.63, 3.8) is 0 Å². The molecule has 1 heterocycles. The molecule has 2 rings (SSSR count). The predicted octanol–water partition coefficient (Wildman–Crippen LogP) is 2.46. The molecular weight excluding hydrogens is 248 g/mol. The van der Waals surface area contributed by atoms with E-state index in [0.717, 1.165) is 24.1 Å². The maximum Gasteiger partial charge on any atom is 0.254 e. The van der Waals surface area contributed by atoms with E-state index in [0.29, 0.717) is 17.5 Å². The van der Waals surface area contributed by atoms with E-state index >= 15 is 0 Å². The Bertz CT molecular complexity index is 451. The number of carbonyl (C=O) groups is 1. The number of hydrogen-bond acceptors (Lipinski definition) is 2. The Morgan fingerprint density at radius 2 is 2.17 bits per heavy atom. The van der Waals surface area contributed by atoms with Crippen molar-refractivity contribution < 1.29 is 4.79 Å². The van der Waals surface area contributed by atoms with Gasteiger partial charge in [0, 0.05) is 29.7 Å².